The maximum Gasteiger partial charge on any atom is 0.221 e. The molecule has 0 fully saturated rings. The summed E-state index contributed by atoms with van der Waals surface area (Å²) in [5, 5.41) is 4.25. The lowest BCUT2D eigenvalue weighted by molar-refractivity contribution is 0.394. The molecule has 5 aromatic rings. The highest BCUT2D eigenvalue weighted by molar-refractivity contribution is 5.83. The van der Waals surface area contributed by atoms with Crippen molar-refractivity contribution >= 4 is 28.4 Å². The van der Waals surface area contributed by atoms with E-state index in [0.29, 0.717) is 23.7 Å². The highest BCUT2D eigenvalue weighted by Gasteiger charge is 2.14. The van der Waals surface area contributed by atoms with Crippen LogP contribution >= 0.6 is 0 Å². The Hall–Kier alpha value is -5.17. The van der Waals surface area contributed by atoms with Gasteiger partial charge in [-0.1, -0.05) is 5.92 Å². The zero-order valence-corrected chi connectivity index (χ0v) is 21.5. The van der Waals surface area contributed by atoms with Crippen molar-refractivity contribution in [3.05, 3.63) is 72.4 Å². The van der Waals surface area contributed by atoms with Crippen LogP contribution in [0.5, 0.6) is 11.5 Å². The summed E-state index contributed by atoms with van der Waals surface area (Å²) < 4.78 is 12.8. The number of hydrogen-bond acceptors (Lipinski definition) is 9. The fourth-order valence-corrected chi connectivity index (χ4v) is 4.00. The summed E-state index contributed by atoms with van der Waals surface area (Å²) in [6.07, 6.45) is 5.43. The molecule has 0 amide bonds. The van der Waals surface area contributed by atoms with E-state index < -0.39 is 0 Å². The van der Waals surface area contributed by atoms with Crippen molar-refractivity contribution in [3.8, 4) is 34.6 Å². The SMILES string of the molecule is COc1cc(OC)cc(N(CC#Cc2cc(C)nc(N)n2)c2ccc3ncc(-c4cnn(C)c4)nc3c2)c1. The molecule has 0 aliphatic rings. The van der Waals surface area contributed by atoms with E-state index >= 15 is 0 Å². The Morgan fingerprint density at radius 1 is 0.921 bits per heavy atom. The summed E-state index contributed by atoms with van der Waals surface area (Å²) in [7, 11) is 5.11. The molecule has 10 nitrogen and oxygen atoms in total. The van der Waals surface area contributed by atoms with E-state index in [1.165, 1.54) is 0 Å². The molecule has 0 aliphatic heterocycles. The van der Waals surface area contributed by atoms with Crippen molar-refractivity contribution in [2.45, 2.75) is 6.92 Å². The first-order chi connectivity index (χ1) is 18.4. The fourth-order valence-electron chi connectivity index (χ4n) is 4.00. The summed E-state index contributed by atoms with van der Waals surface area (Å²) in [6.45, 7) is 2.20. The number of nitrogens with zero attached hydrogens (tertiary/aromatic N) is 7. The summed E-state index contributed by atoms with van der Waals surface area (Å²) in [4.78, 5) is 19.8. The molecule has 0 unspecified atom stereocenters. The van der Waals surface area contributed by atoms with Crippen LogP contribution in [0, 0.1) is 18.8 Å². The van der Waals surface area contributed by atoms with Gasteiger partial charge in [0.05, 0.1) is 49.9 Å². The number of aromatic nitrogens is 6. The Kier molecular flexibility index (Phi) is 6.74. The number of hydrogen-bond donors (Lipinski definition) is 1. The van der Waals surface area contributed by atoms with Gasteiger partial charge in [0.15, 0.2) is 0 Å². The second-order valence-electron chi connectivity index (χ2n) is 8.54. The molecular formula is C28H26N8O2. The zero-order valence-electron chi connectivity index (χ0n) is 21.5. The Labute approximate surface area is 220 Å². The molecular weight excluding hydrogens is 480 g/mol. The molecule has 0 saturated carbocycles. The average molecular weight is 507 g/mol. The Balaban J connectivity index is 1.58. The van der Waals surface area contributed by atoms with E-state index in [-0.39, 0.29) is 5.95 Å². The Morgan fingerprint density at radius 3 is 2.39 bits per heavy atom. The van der Waals surface area contributed by atoms with Crippen molar-refractivity contribution in [1.29, 1.82) is 0 Å². The molecule has 0 saturated heterocycles. The lowest BCUT2D eigenvalue weighted by Gasteiger charge is -2.24. The van der Waals surface area contributed by atoms with E-state index in [2.05, 4.69) is 31.9 Å². The second-order valence-corrected chi connectivity index (χ2v) is 8.54. The number of fused-ring (bicyclic) bond motifs is 1. The topological polar surface area (TPSA) is 117 Å². The van der Waals surface area contributed by atoms with Gasteiger partial charge in [-0.25, -0.2) is 15.0 Å². The standard InChI is InChI=1S/C28H26N8O2/c1-18-10-20(33-28(29)32-18)6-5-9-36(22-11-23(37-3)14-24(12-22)38-4)21-7-8-25-26(13-21)34-27(16-30-25)19-15-31-35(2)17-19/h7-8,10-17H,9H2,1-4H3,(H2,29,32,33). The number of anilines is 3. The number of nitrogen functional groups attached to an aromatic ring is 1. The lowest BCUT2D eigenvalue weighted by atomic mass is 10.2. The molecule has 0 spiro atoms. The number of benzene rings is 2. The molecule has 5 rings (SSSR count). The third kappa shape index (κ3) is 5.32. The van der Waals surface area contributed by atoms with E-state index in [9.17, 15) is 0 Å². The highest BCUT2D eigenvalue weighted by atomic mass is 16.5. The first kappa shape index (κ1) is 24.5. The second kappa shape index (κ2) is 10.4. The number of rotatable bonds is 6. The maximum atomic E-state index is 5.80. The smallest absolute Gasteiger partial charge is 0.221 e. The van der Waals surface area contributed by atoms with E-state index in [1.54, 1.807) is 37.4 Å². The van der Waals surface area contributed by atoms with Crippen LogP contribution in [0.25, 0.3) is 22.3 Å². The number of aryl methyl sites for hydroxylation is 2. The van der Waals surface area contributed by atoms with Gasteiger partial charge in [0.1, 0.15) is 17.2 Å². The molecule has 0 bridgehead atoms. The molecule has 190 valence electrons. The minimum atomic E-state index is 0.196. The number of methoxy groups -OCH3 is 2. The molecule has 38 heavy (non-hydrogen) atoms. The maximum absolute atomic E-state index is 5.80. The molecule has 0 atom stereocenters. The monoisotopic (exact) mass is 506 g/mol. The Bertz CT molecular complexity index is 1640. The van der Waals surface area contributed by atoms with E-state index in [0.717, 1.165) is 39.4 Å². The molecule has 0 aliphatic carbocycles. The van der Waals surface area contributed by atoms with Crippen LogP contribution in [0.2, 0.25) is 0 Å². The minimum absolute atomic E-state index is 0.196. The van der Waals surface area contributed by atoms with Gasteiger partial charge in [-0.15, -0.1) is 0 Å². The lowest BCUT2D eigenvalue weighted by Crippen LogP contribution is -2.17. The zero-order chi connectivity index (χ0) is 26.6. The van der Waals surface area contributed by atoms with Crippen molar-refractivity contribution in [1.82, 2.24) is 29.7 Å². The van der Waals surface area contributed by atoms with Crippen molar-refractivity contribution < 1.29 is 9.47 Å². The van der Waals surface area contributed by atoms with Crippen LogP contribution in [0.1, 0.15) is 11.4 Å². The Morgan fingerprint density at radius 2 is 1.71 bits per heavy atom. The van der Waals surface area contributed by atoms with Gasteiger partial charge < -0.3 is 20.1 Å². The minimum Gasteiger partial charge on any atom is -0.497 e. The molecule has 0 radical (unpaired) electrons. The molecule has 3 aromatic heterocycles. The van der Waals surface area contributed by atoms with Gasteiger partial charge in [0, 0.05) is 54.1 Å². The fraction of sp³-hybridized carbons (Fsp3) is 0.179. The normalized spacial score (nSPS) is 10.6. The molecule has 3 heterocycles. The van der Waals surface area contributed by atoms with Gasteiger partial charge in [-0.05, 0) is 37.1 Å². The van der Waals surface area contributed by atoms with Gasteiger partial charge in [0.2, 0.25) is 5.95 Å². The highest BCUT2D eigenvalue weighted by Crippen LogP contribution is 2.34. The van der Waals surface area contributed by atoms with Crippen LogP contribution in [0.3, 0.4) is 0 Å². The summed E-state index contributed by atoms with van der Waals surface area (Å²) in [5.74, 6) is 7.84. The summed E-state index contributed by atoms with van der Waals surface area (Å²) in [5.41, 5.74) is 12.0. The predicted molar refractivity (Wildman–Crippen MR) is 146 cm³/mol. The van der Waals surface area contributed by atoms with Crippen LogP contribution in [0.15, 0.2) is 61.1 Å². The van der Waals surface area contributed by atoms with E-state index in [4.69, 9.17) is 20.2 Å². The van der Waals surface area contributed by atoms with E-state index in [1.807, 2.05) is 61.5 Å². The molecule has 10 heteroatoms. The van der Waals surface area contributed by atoms with Gasteiger partial charge in [-0.3, -0.25) is 9.67 Å². The first-order valence-electron chi connectivity index (χ1n) is 11.8. The molecule has 2 aromatic carbocycles. The number of nitrogens with two attached hydrogens (primary N) is 1. The van der Waals surface area contributed by atoms with Crippen LogP contribution in [0.4, 0.5) is 17.3 Å². The van der Waals surface area contributed by atoms with Gasteiger partial charge in [0.25, 0.3) is 0 Å². The third-order valence-electron chi connectivity index (χ3n) is 5.81. The quantitative estimate of drug-likeness (QED) is 0.342. The predicted octanol–water partition coefficient (Wildman–Crippen LogP) is 3.92. The van der Waals surface area contributed by atoms with Crippen molar-refractivity contribution in [3.63, 3.8) is 0 Å². The first-order valence-corrected chi connectivity index (χ1v) is 11.8. The average Bonchev–Trinajstić information content (AvgIpc) is 3.36. The third-order valence-corrected chi connectivity index (χ3v) is 5.81. The van der Waals surface area contributed by atoms with Gasteiger partial charge >= 0.3 is 0 Å². The summed E-state index contributed by atoms with van der Waals surface area (Å²) in [6, 6.07) is 13.4. The largest absolute Gasteiger partial charge is 0.497 e. The van der Waals surface area contributed by atoms with Crippen molar-refractivity contribution in [2.24, 2.45) is 7.05 Å². The summed E-state index contributed by atoms with van der Waals surface area (Å²) >= 11 is 0. The molecule has 2 N–H and O–H groups in total. The van der Waals surface area contributed by atoms with Crippen molar-refractivity contribution in [2.75, 3.05) is 31.4 Å². The van der Waals surface area contributed by atoms with Gasteiger partial charge in [-0.2, -0.15) is 5.10 Å². The van der Waals surface area contributed by atoms with Crippen LogP contribution in [-0.2, 0) is 7.05 Å². The van der Waals surface area contributed by atoms with Crippen LogP contribution < -0.4 is 20.1 Å². The van der Waals surface area contributed by atoms with Crippen LogP contribution in [-0.4, -0.2) is 50.5 Å². The number of ether oxygens (including phenoxy) is 2.